The molecule has 4 nitrogen and oxygen atoms in total. The number of sulfonamides is 1. The van der Waals surface area contributed by atoms with Crippen molar-refractivity contribution < 1.29 is 22.3 Å². The Morgan fingerprint density at radius 2 is 1.82 bits per heavy atom. The van der Waals surface area contributed by atoms with Crippen LogP contribution >= 0.6 is 0 Å². The van der Waals surface area contributed by atoms with Gasteiger partial charge >= 0.3 is 0 Å². The first-order chi connectivity index (χ1) is 13.4. The molecule has 1 aliphatic heterocycles. The van der Waals surface area contributed by atoms with Gasteiger partial charge in [0.25, 0.3) is 0 Å². The summed E-state index contributed by atoms with van der Waals surface area (Å²) in [5.74, 6) is -1.22. The number of aliphatic hydroxyl groups is 1. The van der Waals surface area contributed by atoms with Gasteiger partial charge in [-0.1, -0.05) is 30.3 Å². The Bertz CT molecular complexity index is 975. The summed E-state index contributed by atoms with van der Waals surface area (Å²) in [5.41, 5.74) is 0.235. The first-order valence-electron chi connectivity index (χ1n) is 9.50. The number of hydrogen-bond donors (Lipinski definition) is 1. The van der Waals surface area contributed by atoms with Crippen molar-refractivity contribution in [2.75, 3.05) is 13.2 Å². The summed E-state index contributed by atoms with van der Waals surface area (Å²) in [6.45, 7) is -0.127. The van der Waals surface area contributed by atoms with E-state index >= 15 is 0 Å². The predicted octanol–water partition coefficient (Wildman–Crippen LogP) is 3.66. The molecular weight excluding hydrogens is 384 g/mol. The molecule has 2 aromatic carbocycles. The van der Waals surface area contributed by atoms with Gasteiger partial charge in [-0.2, -0.15) is 4.31 Å². The van der Waals surface area contributed by atoms with Crippen LogP contribution in [0, 0.1) is 11.6 Å². The Morgan fingerprint density at radius 3 is 2.46 bits per heavy atom. The normalized spacial score (nSPS) is 23.5. The summed E-state index contributed by atoms with van der Waals surface area (Å²) in [4.78, 5) is 0. The third-order valence-electron chi connectivity index (χ3n) is 5.97. The van der Waals surface area contributed by atoms with Crippen LogP contribution < -0.4 is 0 Å². The minimum atomic E-state index is -3.67. The van der Waals surface area contributed by atoms with E-state index in [2.05, 4.69) is 0 Å². The molecule has 1 atom stereocenters. The van der Waals surface area contributed by atoms with E-state index in [0.717, 1.165) is 12.1 Å². The van der Waals surface area contributed by atoms with E-state index in [4.69, 9.17) is 0 Å². The molecule has 1 saturated heterocycles. The maximum absolute atomic E-state index is 14.7. The van der Waals surface area contributed by atoms with E-state index in [1.807, 2.05) is 6.07 Å². The van der Waals surface area contributed by atoms with Gasteiger partial charge in [0.2, 0.25) is 10.0 Å². The van der Waals surface area contributed by atoms with E-state index in [9.17, 15) is 22.3 Å². The molecule has 7 heteroatoms. The second-order valence-corrected chi connectivity index (χ2v) is 9.90. The third-order valence-corrected chi connectivity index (χ3v) is 8.23. The standard InChI is InChI=1S/C21H23F2NO3S/c22-18-12-17(21(14-25)8-9-21)19(23)11-16(18)13-24-10-4-7-20(28(24,26)27)15-5-2-1-3-6-15/h1-3,5-6,11-12,20,25H,4,7-10,13-14H2/t20-/m1/s1. The summed E-state index contributed by atoms with van der Waals surface area (Å²) in [6, 6.07) is 11.2. The van der Waals surface area contributed by atoms with Crippen molar-refractivity contribution in [3.63, 3.8) is 0 Å². The van der Waals surface area contributed by atoms with E-state index in [-0.39, 0.29) is 30.8 Å². The van der Waals surface area contributed by atoms with Crippen LogP contribution in [0.25, 0.3) is 0 Å². The fourth-order valence-electron chi connectivity index (χ4n) is 4.05. The molecule has 2 aromatic rings. The van der Waals surface area contributed by atoms with Crippen LogP contribution in [-0.2, 0) is 22.0 Å². The van der Waals surface area contributed by atoms with E-state index in [1.165, 1.54) is 4.31 Å². The summed E-state index contributed by atoms with van der Waals surface area (Å²) in [6.07, 6.45) is 2.42. The first kappa shape index (κ1) is 19.5. The monoisotopic (exact) mass is 407 g/mol. The van der Waals surface area contributed by atoms with E-state index in [0.29, 0.717) is 31.2 Å². The van der Waals surface area contributed by atoms with Crippen LogP contribution in [-0.4, -0.2) is 31.0 Å². The highest BCUT2D eigenvalue weighted by Gasteiger charge is 2.46. The molecule has 0 bridgehead atoms. The zero-order valence-corrected chi connectivity index (χ0v) is 16.3. The van der Waals surface area contributed by atoms with Gasteiger partial charge in [-0.25, -0.2) is 17.2 Å². The molecule has 1 heterocycles. The van der Waals surface area contributed by atoms with Crippen LogP contribution in [0.1, 0.15) is 47.6 Å². The largest absolute Gasteiger partial charge is 0.395 e. The van der Waals surface area contributed by atoms with Crippen molar-refractivity contribution >= 4 is 10.0 Å². The number of halogens is 2. The molecule has 1 N–H and O–H groups in total. The molecular formula is C21H23F2NO3S. The van der Waals surface area contributed by atoms with Crippen LogP contribution in [0.3, 0.4) is 0 Å². The summed E-state index contributed by atoms with van der Waals surface area (Å²) in [7, 11) is -3.67. The summed E-state index contributed by atoms with van der Waals surface area (Å²) < 4.78 is 56.7. The molecule has 4 rings (SSSR count). The average molecular weight is 407 g/mol. The molecule has 2 fully saturated rings. The fourth-order valence-corrected chi connectivity index (χ4v) is 6.08. The lowest BCUT2D eigenvalue weighted by molar-refractivity contribution is 0.251. The highest BCUT2D eigenvalue weighted by molar-refractivity contribution is 7.89. The molecule has 1 saturated carbocycles. The van der Waals surface area contributed by atoms with Gasteiger partial charge in [-0.05, 0) is 48.9 Å². The van der Waals surface area contributed by atoms with E-state index < -0.39 is 32.3 Å². The van der Waals surface area contributed by atoms with Gasteiger partial charge in [-0.3, -0.25) is 0 Å². The fraction of sp³-hybridized carbons (Fsp3) is 0.429. The molecule has 150 valence electrons. The Hall–Kier alpha value is -1.83. The first-order valence-corrected chi connectivity index (χ1v) is 11.0. The van der Waals surface area contributed by atoms with Gasteiger partial charge in [-0.15, -0.1) is 0 Å². The van der Waals surface area contributed by atoms with Crippen molar-refractivity contribution in [2.45, 2.75) is 42.9 Å². The lowest BCUT2D eigenvalue weighted by Crippen LogP contribution is -2.39. The minimum absolute atomic E-state index is 0.0206. The number of aliphatic hydroxyl groups excluding tert-OH is 1. The highest BCUT2D eigenvalue weighted by atomic mass is 32.2. The van der Waals surface area contributed by atoms with E-state index in [1.54, 1.807) is 24.3 Å². The number of rotatable bonds is 5. The van der Waals surface area contributed by atoms with Crippen LogP contribution in [0.2, 0.25) is 0 Å². The van der Waals surface area contributed by atoms with Crippen LogP contribution in [0.15, 0.2) is 42.5 Å². The van der Waals surface area contributed by atoms with Crippen LogP contribution in [0.5, 0.6) is 0 Å². The summed E-state index contributed by atoms with van der Waals surface area (Å²) >= 11 is 0. The zero-order chi connectivity index (χ0) is 19.9. The number of nitrogens with zero attached hydrogens (tertiary/aromatic N) is 1. The smallest absolute Gasteiger partial charge is 0.221 e. The molecule has 0 aromatic heterocycles. The topological polar surface area (TPSA) is 57.6 Å². The molecule has 2 aliphatic rings. The third kappa shape index (κ3) is 3.36. The highest BCUT2D eigenvalue weighted by Crippen LogP contribution is 2.49. The quantitative estimate of drug-likeness (QED) is 0.823. The van der Waals surface area contributed by atoms with Gasteiger partial charge in [0.05, 0.1) is 6.61 Å². The SMILES string of the molecule is O=S1(=O)[C@@H](c2ccccc2)CCCN1Cc1cc(F)c(C2(CO)CC2)cc1F. The van der Waals surface area contributed by atoms with Gasteiger partial charge in [0.15, 0.2) is 0 Å². The molecule has 0 amide bonds. The average Bonchev–Trinajstić information content (AvgIpc) is 3.47. The predicted molar refractivity (Wildman–Crippen MR) is 102 cm³/mol. The Kier molecular flexibility index (Phi) is 5.02. The lowest BCUT2D eigenvalue weighted by atomic mass is 9.95. The summed E-state index contributed by atoms with van der Waals surface area (Å²) in [5, 5.41) is 8.82. The Morgan fingerprint density at radius 1 is 1.11 bits per heavy atom. The minimum Gasteiger partial charge on any atom is -0.395 e. The number of hydrogen-bond acceptors (Lipinski definition) is 3. The van der Waals surface area contributed by atoms with Crippen molar-refractivity contribution in [2.24, 2.45) is 0 Å². The number of benzene rings is 2. The van der Waals surface area contributed by atoms with Crippen LogP contribution in [0.4, 0.5) is 8.78 Å². The maximum atomic E-state index is 14.7. The maximum Gasteiger partial charge on any atom is 0.221 e. The van der Waals surface area contributed by atoms with Gasteiger partial charge < -0.3 is 5.11 Å². The van der Waals surface area contributed by atoms with Crippen molar-refractivity contribution in [1.29, 1.82) is 0 Å². The zero-order valence-electron chi connectivity index (χ0n) is 15.4. The molecule has 1 aliphatic carbocycles. The van der Waals surface area contributed by atoms with Crippen molar-refractivity contribution in [3.8, 4) is 0 Å². The van der Waals surface area contributed by atoms with Crippen molar-refractivity contribution in [3.05, 3.63) is 70.8 Å². The molecule has 0 spiro atoms. The molecule has 0 radical (unpaired) electrons. The van der Waals surface area contributed by atoms with Crippen molar-refractivity contribution in [1.82, 2.24) is 4.31 Å². The van der Waals surface area contributed by atoms with Gasteiger partial charge in [0.1, 0.15) is 16.9 Å². The Labute approximate surface area is 163 Å². The van der Waals surface area contributed by atoms with Gasteiger partial charge in [0, 0.05) is 24.1 Å². The molecule has 28 heavy (non-hydrogen) atoms. The second kappa shape index (κ2) is 7.21. The molecule has 0 unspecified atom stereocenters. The second-order valence-electron chi connectivity index (χ2n) is 7.78. The lowest BCUT2D eigenvalue weighted by Gasteiger charge is -2.32. The Balaban J connectivity index is 1.61.